The zero-order valence-corrected chi connectivity index (χ0v) is 13.5. The van der Waals surface area contributed by atoms with Crippen molar-refractivity contribution in [2.24, 2.45) is 0 Å². The monoisotopic (exact) mass is 385 g/mol. The number of hydrogen-bond donors (Lipinski definition) is 2. The van der Waals surface area contributed by atoms with Gasteiger partial charge < -0.3 is 15.0 Å². The Morgan fingerprint density at radius 1 is 1.50 bits per heavy atom. The van der Waals surface area contributed by atoms with E-state index in [1.165, 1.54) is 6.33 Å². The third kappa shape index (κ3) is 3.72. The largest absolute Gasteiger partial charge is 0.491 e. The van der Waals surface area contributed by atoms with Gasteiger partial charge in [0.15, 0.2) is 5.82 Å². The Balaban J connectivity index is 2.19. The van der Waals surface area contributed by atoms with Gasteiger partial charge in [0.05, 0.1) is 12.4 Å². The Morgan fingerprint density at radius 3 is 3.05 bits per heavy atom. The minimum atomic E-state index is -0.157. The minimum Gasteiger partial charge on any atom is -0.491 e. The van der Waals surface area contributed by atoms with Crippen LogP contribution in [0.2, 0.25) is 0 Å². The number of ether oxygens (including phenoxy) is 1. The fourth-order valence-corrected chi connectivity index (χ4v) is 2.00. The van der Waals surface area contributed by atoms with Crippen LogP contribution >= 0.6 is 22.6 Å². The third-order valence-corrected chi connectivity index (χ3v) is 3.81. The maximum absolute atomic E-state index is 11.5. The molecular formula is C14H16IN3O2. The van der Waals surface area contributed by atoms with E-state index in [9.17, 15) is 4.79 Å². The number of aromatic amines is 1. The fraction of sp³-hybridized carbons (Fsp3) is 0.286. The van der Waals surface area contributed by atoms with Crippen LogP contribution in [0.4, 0.5) is 11.5 Å². The molecule has 0 saturated heterocycles. The molecule has 1 heterocycles. The summed E-state index contributed by atoms with van der Waals surface area (Å²) in [7, 11) is 0. The predicted octanol–water partition coefficient (Wildman–Crippen LogP) is 3.30. The van der Waals surface area contributed by atoms with Gasteiger partial charge in [-0.25, -0.2) is 4.98 Å². The summed E-state index contributed by atoms with van der Waals surface area (Å²) >= 11 is 1.97. The van der Waals surface area contributed by atoms with Crippen molar-refractivity contribution in [1.29, 1.82) is 0 Å². The fourth-order valence-electron chi connectivity index (χ4n) is 1.57. The number of nitrogens with zero attached hydrogens (tertiary/aromatic N) is 1. The molecule has 0 aliphatic carbocycles. The number of aromatic nitrogens is 2. The van der Waals surface area contributed by atoms with Gasteiger partial charge in [-0.15, -0.1) is 0 Å². The Labute approximate surface area is 130 Å². The lowest BCUT2D eigenvalue weighted by Gasteiger charge is -2.14. The molecule has 6 heteroatoms. The molecule has 0 amide bonds. The van der Waals surface area contributed by atoms with E-state index in [0.717, 1.165) is 17.9 Å². The van der Waals surface area contributed by atoms with E-state index < -0.39 is 0 Å². The van der Waals surface area contributed by atoms with Crippen LogP contribution < -0.4 is 15.6 Å². The Kier molecular flexibility index (Phi) is 4.99. The molecule has 1 atom stereocenters. The second-order valence-electron chi connectivity index (χ2n) is 4.38. The van der Waals surface area contributed by atoms with Gasteiger partial charge in [-0.3, -0.25) is 4.79 Å². The minimum absolute atomic E-state index is 0.157. The van der Waals surface area contributed by atoms with Gasteiger partial charge in [0.25, 0.3) is 5.56 Å². The van der Waals surface area contributed by atoms with Crippen LogP contribution in [-0.4, -0.2) is 16.1 Å². The van der Waals surface area contributed by atoms with E-state index in [0.29, 0.717) is 9.39 Å². The summed E-state index contributed by atoms with van der Waals surface area (Å²) in [5.74, 6) is 1.33. The molecule has 0 bridgehead atoms. The van der Waals surface area contributed by atoms with E-state index in [-0.39, 0.29) is 11.7 Å². The Morgan fingerprint density at radius 2 is 2.30 bits per heavy atom. The highest BCUT2D eigenvalue weighted by atomic mass is 127. The third-order valence-electron chi connectivity index (χ3n) is 2.81. The van der Waals surface area contributed by atoms with Crippen molar-refractivity contribution in [2.45, 2.75) is 26.4 Å². The van der Waals surface area contributed by atoms with Gasteiger partial charge in [0.1, 0.15) is 9.32 Å². The van der Waals surface area contributed by atoms with Crippen LogP contribution in [0.15, 0.2) is 35.4 Å². The highest BCUT2D eigenvalue weighted by Gasteiger charge is 2.07. The van der Waals surface area contributed by atoms with Gasteiger partial charge in [-0.2, -0.15) is 0 Å². The molecule has 2 aromatic rings. The van der Waals surface area contributed by atoms with E-state index in [4.69, 9.17) is 4.74 Å². The van der Waals surface area contributed by atoms with Gasteiger partial charge in [0, 0.05) is 11.8 Å². The molecular weight excluding hydrogens is 369 g/mol. The quantitative estimate of drug-likeness (QED) is 0.776. The molecule has 1 aromatic carbocycles. The van der Waals surface area contributed by atoms with Crippen LogP contribution in [0.5, 0.6) is 5.75 Å². The number of anilines is 2. The summed E-state index contributed by atoms with van der Waals surface area (Å²) in [5.41, 5.74) is 0.678. The van der Waals surface area contributed by atoms with Crippen molar-refractivity contribution in [2.75, 3.05) is 5.32 Å². The van der Waals surface area contributed by atoms with Crippen molar-refractivity contribution in [3.05, 3.63) is 44.5 Å². The first kappa shape index (κ1) is 14.8. The molecule has 0 aliphatic heterocycles. The molecule has 1 unspecified atom stereocenters. The summed E-state index contributed by atoms with van der Waals surface area (Å²) in [6.45, 7) is 4.11. The van der Waals surface area contributed by atoms with Crippen LogP contribution in [0.25, 0.3) is 0 Å². The molecule has 0 fully saturated rings. The highest BCUT2D eigenvalue weighted by molar-refractivity contribution is 14.1. The summed E-state index contributed by atoms with van der Waals surface area (Å²) in [4.78, 5) is 18.2. The molecule has 0 saturated carbocycles. The lowest BCUT2D eigenvalue weighted by Crippen LogP contribution is -2.13. The van der Waals surface area contributed by atoms with Crippen LogP contribution in [0, 0.1) is 3.57 Å². The second-order valence-corrected chi connectivity index (χ2v) is 5.46. The summed E-state index contributed by atoms with van der Waals surface area (Å²) in [5, 5.41) is 3.13. The Hall–Kier alpha value is -1.57. The van der Waals surface area contributed by atoms with Gasteiger partial charge >= 0.3 is 0 Å². The van der Waals surface area contributed by atoms with Crippen LogP contribution in [0.3, 0.4) is 0 Å². The average molecular weight is 385 g/mol. The number of nitrogens with one attached hydrogen (secondary N) is 2. The van der Waals surface area contributed by atoms with Gasteiger partial charge in [-0.05, 0) is 48.1 Å². The average Bonchev–Trinajstić information content (AvgIpc) is 2.44. The summed E-state index contributed by atoms with van der Waals surface area (Å²) < 4.78 is 6.29. The van der Waals surface area contributed by atoms with Crippen molar-refractivity contribution >= 4 is 34.1 Å². The molecule has 20 heavy (non-hydrogen) atoms. The lowest BCUT2D eigenvalue weighted by molar-refractivity contribution is 0.217. The zero-order chi connectivity index (χ0) is 14.5. The molecule has 2 N–H and O–H groups in total. The van der Waals surface area contributed by atoms with E-state index in [1.807, 2.05) is 53.8 Å². The van der Waals surface area contributed by atoms with E-state index in [2.05, 4.69) is 22.2 Å². The standard InChI is InChI=1S/C14H16IN3O2/c1-3-9(2)20-11-6-4-5-10(7-11)18-13-12(15)14(19)17-8-16-13/h4-9H,3H2,1-2H3,(H2,16,17,18,19). The number of rotatable bonds is 5. The molecule has 1 aromatic heterocycles. The first-order chi connectivity index (χ1) is 9.60. The van der Waals surface area contributed by atoms with Gasteiger partial charge in [0.2, 0.25) is 0 Å². The van der Waals surface area contributed by atoms with E-state index >= 15 is 0 Å². The Bertz CT molecular complexity index is 642. The molecule has 0 aliphatic rings. The molecule has 0 radical (unpaired) electrons. The topological polar surface area (TPSA) is 67.0 Å². The number of H-pyrrole nitrogens is 1. The normalized spacial score (nSPS) is 11.9. The lowest BCUT2D eigenvalue weighted by atomic mass is 10.2. The maximum Gasteiger partial charge on any atom is 0.266 e. The first-order valence-corrected chi connectivity index (χ1v) is 7.45. The zero-order valence-electron chi connectivity index (χ0n) is 11.3. The van der Waals surface area contributed by atoms with Crippen molar-refractivity contribution in [3.63, 3.8) is 0 Å². The van der Waals surface area contributed by atoms with Crippen molar-refractivity contribution in [3.8, 4) is 5.75 Å². The number of benzene rings is 1. The van der Waals surface area contributed by atoms with Gasteiger partial charge in [-0.1, -0.05) is 13.0 Å². The van der Waals surface area contributed by atoms with Crippen LogP contribution in [-0.2, 0) is 0 Å². The molecule has 5 nitrogen and oxygen atoms in total. The SMILES string of the molecule is CCC(C)Oc1cccc(Nc2nc[nH]c(=O)c2I)c1. The highest BCUT2D eigenvalue weighted by Crippen LogP contribution is 2.22. The maximum atomic E-state index is 11.5. The smallest absolute Gasteiger partial charge is 0.266 e. The molecule has 106 valence electrons. The summed E-state index contributed by atoms with van der Waals surface area (Å²) in [6, 6.07) is 7.61. The molecule has 0 spiro atoms. The number of hydrogen-bond acceptors (Lipinski definition) is 4. The second kappa shape index (κ2) is 6.74. The predicted molar refractivity (Wildman–Crippen MR) is 87.7 cm³/mol. The summed E-state index contributed by atoms with van der Waals surface area (Å²) in [6.07, 6.45) is 2.50. The first-order valence-electron chi connectivity index (χ1n) is 6.37. The van der Waals surface area contributed by atoms with Crippen LogP contribution in [0.1, 0.15) is 20.3 Å². The van der Waals surface area contributed by atoms with Crippen molar-refractivity contribution in [1.82, 2.24) is 9.97 Å². The number of halogens is 1. The van der Waals surface area contributed by atoms with Crippen molar-refractivity contribution < 1.29 is 4.74 Å². The van der Waals surface area contributed by atoms with E-state index in [1.54, 1.807) is 0 Å². The molecule has 2 rings (SSSR count).